The number of aryl methyl sites for hydroxylation is 1. The van der Waals surface area contributed by atoms with Crippen LogP contribution in [-0.2, 0) is 12.8 Å². The van der Waals surface area contributed by atoms with Gasteiger partial charge in [0.15, 0.2) is 0 Å². The summed E-state index contributed by atoms with van der Waals surface area (Å²) >= 11 is 0. The monoisotopic (exact) mass is 291 g/mol. The molecule has 1 amide bonds. The molecule has 1 aliphatic rings. The van der Waals surface area contributed by atoms with Crippen LogP contribution in [0.4, 0.5) is 0 Å². The van der Waals surface area contributed by atoms with E-state index in [1.807, 2.05) is 12.1 Å². The summed E-state index contributed by atoms with van der Waals surface area (Å²) < 4.78 is 0. The molecule has 0 radical (unpaired) electrons. The molecule has 1 heterocycles. The average Bonchev–Trinajstić information content (AvgIpc) is 2.76. The Bertz CT molecular complexity index is 716. The lowest BCUT2D eigenvalue weighted by Crippen LogP contribution is -2.36. The summed E-state index contributed by atoms with van der Waals surface area (Å²) in [7, 11) is 0. The fraction of sp³-hybridized carbons (Fsp3) is 0.278. The van der Waals surface area contributed by atoms with E-state index in [1.165, 1.54) is 17.3 Å². The minimum absolute atomic E-state index is 0.124. The Balaban J connectivity index is 1.70. The Hall–Kier alpha value is -2.67. The van der Waals surface area contributed by atoms with Gasteiger partial charge in [-0.3, -0.25) is 4.79 Å². The van der Waals surface area contributed by atoms with Crippen LogP contribution in [0.5, 0.6) is 0 Å². The lowest BCUT2D eigenvalue weighted by molar-refractivity contribution is 0.0934. The molecule has 1 aromatic carbocycles. The zero-order valence-electron chi connectivity index (χ0n) is 12.2. The molecule has 1 aromatic heterocycles. The molecule has 0 bridgehead atoms. The average molecular weight is 291 g/mol. The second-order valence-corrected chi connectivity index (χ2v) is 5.58. The van der Waals surface area contributed by atoms with E-state index in [1.54, 1.807) is 12.1 Å². The maximum absolute atomic E-state index is 12.3. The van der Waals surface area contributed by atoms with Crippen LogP contribution < -0.4 is 5.32 Å². The number of aromatic nitrogens is 1. The van der Waals surface area contributed by atoms with Gasteiger partial charge in [-0.2, -0.15) is 5.26 Å². The van der Waals surface area contributed by atoms with Gasteiger partial charge in [0, 0.05) is 12.2 Å². The smallest absolute Gasteiger partial charge is 0.253 e. The molecule has 3 rings (SSSR count). The van der Waals surface area contributed by atoms with E-state index in [0.717, 1.165) is 25.7 Å². The molecule has 1 N–H and O–H groups in total. The maximum Gasteiger partial charge on any atom is 0.253 e. The van der Waals surface area contributed by atoms with Gasteiger partial charge in [-0.15, -0.1) is 0 Å². The van der Waals surface area contributed by atoms with Crippen molar-refractivity contribution in [3.05, 3.63) is 65.0 Å². The molecule has 0 saturated carbocycles. The largest absolute Gasteiger partial charge is 0.349 e. The zero-order valence-corrected chi connectivity index (χ0v) is 12.2. The molecule has 0 spiro atoms. The summed E-state index contributed by atoms with van der Waals surface area (Å²) in [6, 6.07) is 13.7. The fourth-order valence-electron chi connectivity index (χ4n) is 2.89. The number of nitrogens with zero attached hydrogens (tertiary/aromatic N) is 2. The number of carbonyl (C=O) groups is 1. The van der Waals surface area contributed by atoms with Gasteiger partial charge in [0.25, 0.3) is 5.91 Å². The van der Waals surface area contributed by atoms with Crippen molar-refractivity contribution in [3.63, 3.8) is 0 Å². The summed E-state index contributed by atoms with van der Waals surface area (Å²) in [5.41, 5.74) is 3.53. The minimum Gasteiger partial charge on any atom is -0.349 e. The minimum atomic E-state index is -0.124. The third kappa shape index (κ3) is 3.15. The second-order valence-electron chi connectivity index (χ2n) is 5.58. The summed E-state index contributed by atoms with van der Waals surface area (Å²) in [5.74, 6) is -0.124. The van der Waals surface area contributed by atoms with Gasteiger partial charge in [0.2, 0.25) is 0 Å². The Morgan fingerprint density at radius 1 is 1.23 bits per heavy atom. The number of hydrogen-bond acceptors (Lipinski definition) is 3. The molecule has 0 fully saturated rings. The van der Waals surface area contributed by atoms with Crippen LogP contribution in [0.3, 0.4) is 0 Å². The Morgan fingerprint density at radius 3 is 2.77 bits per heavy atom. The predicted molar refractivity (Wildman–Crippen MR) is 83.3 cm³/mol. The van der Waals surface area contributed by atoms with Crippen molar-refractivity contribution >= 4 is 5.91 Å². The predicted octanol–water partition coefficient (Wildman–Crippen LogP) is 2.63. The first kappa shape index (κ1) is 14.3. The Kier molecular flexibility index (Phi) is 4.15. The zero-order chi connectivity index (χ0) is 15.4. The van der Waals surface area contributed by atoms with E-state index in [4.69, 9.17) is 5.26 Å². The molecule has 1 aliphatic carbocycles. The number of benzene rings is 1. The van der Waals surface area contributed by atoms with Gasteiger partial charge < -0.3 is 5.32 Å². The van der Waals surface area contributed by atoms with Crippen LogP contribution in [0, 0.1) is 11.3 Å². The summed E-state index contributed by atoms with van der Waals surface area (Å²) in [6.07, 6.45) is 5.45. The number of amides is 1. The van der Waals surface area contributed by atoms with Gasteiger partial charge in [-0.1, -0.05) is 24.3 Å². The molecule has 0 aliphatic heterocycles. The van der Waals surface area contributed by atoms with E-state index in [2.05, 4.69) is 28.5 Å². The third-order valence-corrected chi connectivity index (χ3v) is 4.06. The van der Waals surface area contributed by atoms with Gasteiger partial charge in [0.1, 0.15) is 11.8 Å². The van der Waals surface area contributed by atoms with E-state index in [0.29, 0.717) is 11.3 Å². The summed E-state index contributed by atoms with van der Waals surface area (Å²) in [4.78, 5) is 16.2. The lowest BCUT2D eigenvalue weighted by atomic mass is 10.0. The van der Waals surface area contributed by atoms with Crippen molar-refractivity contribution in [3.8, 4) is 6.07 Å². The number of rotatable bonds is 2. The van der Waals surface area contributed by atoms with E-state index in [9.17, 15) is 4.79 Å². The molecular weight excluding hydrogens is 274 g/mol. The van der Waals surface area contributed by atoms with Crippen molar-refractivity contribution < 1.29 is 4.79 Å². The van der Waals surface area contributed by atoms with Crippen molar-refractivity contribution in [2.45, 2.75) is 31.7 Å². The van der Waals surface area contributed by atoms with Crippen LogP contribution in [0.2, 0.25) is 0 Å². The Morgan fingerprint density at radius 2 is 2.05 bits per heavy atom. The van der Waals surface area contributed by atoms with Crippen LogP contribution in [-0.4, -0.2) is 16.9 Å². The standard InChI is InChI=1S/C18H17N3O/c19-11-17-9-8-15(12-20-17)18(22)21-16-7-3-6-13-4-1-2-5-14(13)10-16/h1-2,4-5,8-9,12,16H,3,6-7,10H2,(H,21,22). The number of nitriles is 1. The highest BCUT2D eigenvalue weighted by atomic mass is 16.1. The summed E-state index contributed by atoms with van der Waals surface area (Å²) in [6.45, 7) is 0. The molecule has 1 atom stereocenters. The normalized spacial score (nSPS) is 17.0. The van der Waals surface area contributed by atoms with Gasteiger partial charge in [-0.25, -0.2) is 4.98 Å². The van der Waals surface area contributed by atoms with Gasteiger partial charge in [-0.05, 0) is 48.9 Å². The number of hydrogen-bond donors (Lipinski definition) is 1. The number of carbonyl (C=O) groups excluding carboxylic acids is 1. The van der Waals surface area contributed by atoms with E-state index < -0.39 is 0 Å². The molecular formula is C18H17N3O. The highest BCUT2D eigenvalue weighted by molar-refractivity contribution is 5.94. The highest BCUT2D eigenvalue weighted by Crippen LogP contribution is 2.20. The molecule has 2 aromatic rings. The van der Waals surface area contributed by atoms with Crippen molar-refractivity contribution in [2.24, 2.45) is 0 Å². The lowest BCUT2D eigenvalue weighted by Gasteiger charge is -2.17. The van der Waals surface area contributed by atoms with Crippen LogP contribution >= 0.6 is 0 Å². The molecule has 0 saturated heterocycles. The molecule has 4 nitrogen and oxygen atoms in total. The first-order valence-corrected chi connectivity index (χ1v) is 7.50. The van der Waals surface area contributed by atoms with Crippen LogP contribution in [0.25, 0.3) is 0 Å². The Labute approximate surface area is 129 Å². The first-order chi connectivity index (χ1) is 10.8. The molecule has 22 heavy (non-hydrogen) atoms. The maximum atomic E-state index is 12.3. The number of fused-ring (bicyclic) bond motifs is 1. The summed E-state index contributed by atoms with van der Waals surface area (Å²) in [5, 5.41) is 11.8. The fourth-order valence-corrected chi connectivity index (χ4v) is 2.89. The van der Waals surface area contributed by atoms with Gasteiger partial charge in [0.05, 0.1) is 5.56 Å². The van der Waals surface area contributed by atoms with Crippen molar-refractivity contribution in [1.29, 1.82) is 5.26 Å². The highest BCUT2D eigenvalue weighted by Gasteiger charge is 2.19. The molecule has 110 valence electrons. The first-order valence-electron chi connectivity index (χ1n) is 7.50. The third-order valence-electron chi connectivity index (χ3n) is 4.06. The van der Waals surface area contributed by atoms with Crippen molar-refractivity contribution in [1.82, 2.24) is 10.3 Å². The van der Waals surface area contributed by atoms with Gasteiger partial charge >= 0.3 is 0 Å². The topological polar surface area (TPSA) is 65.8 Å². The van der Waals surface area contributed by atoms with Crippen LogP contribution in [0.15, 0.2) is 42.6 Å². The van der Waals surface area contributed by atoms with E-state index in [-0.39, 0.29) is 11.9 Å². The number of nitrogens with one attached hydrogen (secondary N) is 1. The SMILES string of the molecule is N#Cc1ccc(C(=O)NC2CCCc3ccccc3C2)cn1. The van der Waals surface area contributed by atoms with E-state index >= 15 is 0 Å². The van der Waals surface area contributed by atoms with Crippen LogP contribution in [0.1, 0.15) is 40.0 Å². The quantitative estimate of drug-likeness (QED) is 0.865. The van der Waals surface area contributed by atoms with Crippen molar-refractivity contribution in [2.75, 3.05) is 0 Å². The molecule has 1 unspecified atom stereocenters. The number of pyridine rings is 1. The second kappa shape index (κ2) is 6.40. The molecule has 4 heteroatoms.